The summed E-state index contributed by atoms with van der Waals surface area (Å²) in [6.45, 7) is -0.738. The molecule has 0 saturated heterocycles. The summed E-state index contributed by atoms with van der Waals surface area (Å²) in [7, 11) is -0.333. The van der Waals surface area contributed by atoms with Crippen LogP contribution in [0.5, 0.6) is 11.5 Å². The van der Waals surface area contributed by atoms with Crippen molar-refractivity contribution in [3.05, 3.63) is 18.2 Å². The molecule has 0 aliphatic heterocycles. The van der Waals surface area contributed by atoms with E-state index < -0.39 is 28.6 Å². The predicted molar refractivity (Wildman–Crippen MR) is 72.8 cm³/mol. The molecule has 1 atom stereocenters. The zero-order chi connectivity index (χ0) is 16.0. The van der Waals surface area contributed by atoms with Crippen LogP contribution >= 0.6 is 0 Å². The highest BCUT2D eigenvalue weighted by molar-refractivity contribution is 7.89. The monoisotopic (exact) mass is 319 g/mol. The van der Waals surface area contributed by atoms with Gasteiger partial charge in [0.1, 0.15) is 22.4 Å². The molecule has 1 unspecified atom stereocenters. The SMILES string of the molecule is COC(=O)C(CO)NS(=O)(=O)c1cc(OC)ccc1OC. The lowest BCUT2D eigenvalue weighted by Gasteiger charge is -2.16. The van der Waals surface area contributed by atoms with Gasteiger partial charge in [-0.3, -0.25) is 4.79 Å². The predicted octanol–water partition coefficient (Wildman–Crippen LogP) is -0.484. The third-order valence-electron chi connectivity index (χ3n) is 2.63. The van der Waals surface area contributed by atoms with Gasteiger partial charge in [0.2, 0.25) is 10.0 Å². The van der Waals surface area contributed by atoms with Gasteiger partial charge in [-0.25, -0.2) is 8.42 Å². The average Bonchev–Trinajstić information content (AvgIpc) is 2.51. The van der Waals surface area contributed by atoms with Gasteiger partial charge in [0, 0.05) is 6.07 Å². The molecule has 0 aliphatic carbocycles. The van der Waals surface area contributed by atoms with E-state index in [0.717, 1.165) is 7.11 Å². The molecule has 1 rings (SSSR count). The first-order chi connectivity index (χ1) is 9.89. The number of ether oxygens (including phenoxy) is 3. The van der Waals surface area contributed by atoms with E-state index in [-0.39, 0.29) is 10.6 Å². The summed E-state index contributed by atoms with van der Waals surface area (Å²) in [5.74, 6) is -0.525. The maximum atomic E-state index is 12.3. The van der Waals surface area contributed by atoms with Crippen molar-refractivity contribution in [2.45, 2.75) is 10.9 Å². The Kier molecular flexibility index (Phi) is 5.94. The number of nitrogens with one attached hydrogen (secondary N) is 1. The van der Waals surface area contributed by atoms with Gasteiger partial charge in [-0.1, -0.05) is 0 Å². The van der Waals surface area contributed by atoms with Crippen LogP contribution in [0.2, 0.25) is 0 Å². The molecular weight excluding hydrogens is 302 g/mol. The van der Waals surface area contributed by atoms with Gasteiger partial charge in [0.25, 0.3) is 0 Å². The van der Waals surface area contributed by atoms with Gasteiger partial charge >= 0.3 is 5.97 Å². The molecule has 1 aromatic rings. The highest BCUT2D eigenvalue weighted by atomic mass is 32.2. The highest BCUT2D eigenvalue weighted by Crippen LogP contribution is 2.28. The second-order valence-corrected chi connectivity index (χ2v) is 5.58. The molecule has 1 aromatic carbocycles. The van der Waals surface area contributed by atoms with Crippen molar-refractivity contribution in [1.82, 2.24) is 4.72 Å². The van der Waals surface area contributed by atoms with E-state index >= 15 is 0 Å². The maximum absolute atomic E-state index is 12.3. The molecule has 0 heterocycles. The van der Waals surface area contributed by atoms with Crippen molar-refractivity contribution in [3.63, 3.8) is 0 Å². The number of aliphatic hydroxyl groups excluding tert-OH is 1. The minimum Gasteiger partial charge on any atom is -0.497 e. The van der Waals surface area contributed by atoms with E-state index in [9.17, 15) is 13.2 Å². The summed E-state index contributed by atoms with van der Waals surface area (Å²) in [6.07, 6.45) is 0. The molecule has 0 aromatic heterocycles. The van der Waals surface area contributed by atoms with Crippen LogP contribution in [-0.2, 0) is 19.6 Å². The smallest absolute Gasteiger partial charge is 0.326 e. The average molecular weight is 319 g/mol. The topological polar surface area (TPSA) is 111 Å². The van der Waals surface area contributed by atoms with Crippen molar-refractivity contribution in [2.24, 2.45) is 0 Å². The Labute approximate surface area is 122 Å². The first-order valence-electron chi connectivity index (χ1n) is 5.82. The zero-order valence-corrected chi connectivity index (χ0v) is 12.6. The number of hydrogen-bond acceptors (Lipinski definition) is 7. The lowest BCUT2D eigenvalue weighted by molar-refractivity contribution is -0.143. The maximum Gasteiger partial charge on any atom is 0.326 e. The number of esters is 1. The molecular formula is C12H17NO7S. The number of hydrogen-bond donors (Lipinski definition) is 2. The van der Waals surface area contributed by atoms with Crippen LogP contribution in [0.25, 0.3) is 0 Å². The number of carbonyl (C=O) groups is 1. The van der Waals surface area contributed by atoms with Crippen LogP contribution in [0.3, 0.4) is 0 Å². The highest BCUT2D eigenvalue weighted by Gasteiger charge is 2.28. The summed E-state index contributed by atoms with van der Waals surface area (Å²) in [5, 5.41) is 9.08. The summed E-state index contributed by atoms with van der Waals surface area (Å²) >= 11 is 0. The third-order valence-corrected chi connectivity index (χ3v) is 4.12. The number of rotatable bonds is 7. The number of carbonyl (C=O) groups excluding carboxylic acids is 1. The molecule has 21 heavy (non-hydrogen) atoms. The molecule has 2 N–H and O–H groups in total. The van der Waals surface area contributed by atoms with Gasteiger partial charge in [-0.2, -0.15) is 4.72 Å². The molecule has 0 aliphatic rings. The Hall–Kier alpha value is -1.84. The Balaban J connectivity index is 3.20. The lowest BCUT2D eigenvalue weighted by atomic mass is 10.3. The molecule has 0 amide bonds. The van der Waals surface area contributed by atoms with Crippen LogP contribution in [0.1, 0.15) is 0 Å². The number of sulfonamides is 1. The van der Waals surface area contributed by atoms with Crippen molar-refractivity contribution < 1.29 is 32.5 Å². The van der Waals surface area contributed by atoms with Crippen LogP contribution in [0.15, 0.2) is 23.1 Å². The molecule has 0 saturated carbocycles. The van der Waals surface area contributed by atoms with E-state index in [0.29, 0.717) is 5.75 Å². The van der Waals surface area contributed by atoms with Crippen LogP contribution in [-0.4, -0.2) is 53.5 Å². The number of aliphatic hydroxyl groups is 1. The van der Waals surface area contributed by atoms with Crippen molar-refractivity contribution >= 4 is 16.0 Å². The Morgan fingerprint density at radius 3 is 2.43 bits per heavy atom. The molecule has 0 fully saturated rings. The van der Waals surface area contributed by atoms with E-state index in [4.69, 9.17) is 14.6 Å². The van der Waals surface area contributed by atoms with Crippen LogP contribution in [0, 0.1) is 0 Å². The molecule has 0 spiro atoms. The molecule has 0 radical (unpaired) electrons. The van der Waals surface area contributed by atoms with Crippen LogP contribution < -0.4 is 14.2 Å². The first-order valence-corrected chi connectivity index (χ1v) is 7.31. The zero-order valence-electron chi connectivity index (χ0n) is 11.8. The standard InChI is InChI=1S/C12H17NO7S/c1-18-8-4-5-10(19-2)11(6-8)21(16,17)13-9(7-14)12(15)20-3/h4-6,9,13-14H,7H2,1-3H3. The molecule has 0 bridgehead atoms. The molecule has 8 nitrogen and oxygen atoms in total. The van der Waals surface area contributed by atoms with Gasteiger partial charge in [-0.15, -0.1) is 0 Å². The second-order valence-electron chi connectivity index (χ2n) is 3.90. The summed E-state index contributed by atoms with van der Waals surface area (Å²) < 4.78 is 41.0. The summed E-state index contributed by atoms with van der Waals surface area (Å²) in [6, 6.07) is 2.78. The number of benzene rings is 1. The third kappa shape index (κ3) is 4.06. The van der Waals surface area contributed by atoms with Gasteiger partial charge in [0.05, 0.1) is 27.9 Å². The molecule has 118 valence electrons. The van der Waals surface area contributed by atoms with Gasteiger partial charge in [0.15, 0.2) is 0 Å². The number of methoxy groups -OCH3 is 3. The van der Waals surface area contributed by atoms with Gasteiger partial charge in [-0.05, 0) is 12.1 Å². The Bertz CT molecular complexity index is 600. The van der Waals surface area contributed by atoms with E-state index in [1.807, 2.05) is 4.72 Å². The van der Waals surface area contributed by atoms with Crippen molar-refractivity contribution in [3.8, 4) is 11.5 Å². The summed E-state index contributed by atoms with van der Waals surface area (Å²) in [5.41, 5.74) is 0. The second kappa shape index (κ2) is 7.25. The minimum atomic E-state index is -4.12. The fourth-order valence-electron chi connectivity index (χ4n) is 1.55. The lowest BCUT2D eigenvalue weighted by Crippen LogP contribution is -2.44. The largest absolute Gasteiger partial charge is 0.497 e. The van der Waals surface area contributed by atoms with E-state index in [1.165, 1.54) is 32.4 Å². The Morgan fingerprint density at radius 1 is 1.29 bits per heavy atom. The first kappa shape index (κ1) is 17.2. The van der Waals surface area contributed by atoms with E-state index in [2.05, 4.69) is 4.74 Å². The van der Waals surface area contributed by atoms with Crippen molar-refractivity contribution in [2.75, 3.05) is 27.9 Å². The molecule has 9 heteroatoms. The summed E-state index contributed by atoms with van der Waals surface area (Å²) in [4.78, 5) is 11.1. The fraction of sp³-hybridized carbons (Fsp3) is 0.417. The quantitative estimate of drug-likeness (QED) is 0.653. The Morgan fingerprint density at radius 2 is 1.95 bits per heavy atom. The van der Waals surface area contributed by atoms with E-state index in [1.54, 1.807) is 0 Å². The van der Waals surface area contributed by atoms with Crippen LogP contribution in [0.4, 0.5) is 0 Å². The normalized spacial score (nSPS) is 12.6. The minimum absolute atomic E-state index is 0.0739. The van der Waals surface area contributed by atoms with Gasteiger partial charge < -0.3 is 19.3 Å². The fourth-order valence-corrected chi connectivity index (χ4v) is 2.91. The van der Waals surface area contributed by atoms with Crippen molar-refractivity contribution in [1.29, 1.82) is 0 Å².